The second-order valence-electron chi connectivity index (χ2n) is 4.87. The number of anilines is 1. The quantitative estimate of drug-likeness (QED) is 0.890. The van der Waals surface area contributed by atoms with Gasteiger partial charge in [-0.25, -0.2) is 0 Å². The topological polar surface area (TPSA) is 73.6 Å². The van der Waals surface area contributed by atoms with Crippen molar-refractivity contribution in [2.75, 3.05) is 19.5 Å². The zero-order chi connectivity index (χ0) is 16.1. The van der Waals surface area contributed by atoms with Crippen molar-refractivity contribution in [3.63, 3.8) is 0 Å². The molecule has 0 bridgehead atoms. The van der Waals surface area contributed by atoms with Crippen LogP contribution in [0.15, 0.2) is 42.5 Å². The maximum atomic E-state index is 12.6. The van der Waals surface area contributed by atoms with Crippen LogP contribution < -0.4 is 20.5 Å². The van der Waals surface area contributed by atoms with E-state index >= 15 is 0 Å². The molecule has 5 nitrogen and oxygen atoms in total. The van der Waals surface area contributed by atoms with E-state index in [9.17, 15) is 4.79 Å². The molecule has 0 aliphatic heterocycles. The summed E-state index contributed by atoms with van der Waals surface area (Å²) in [6.07, 6.45) is 0. The Morgan fingerprint density at radius 2 is 1.64 bits per heavy atom. The van der Waals surface area contributed by atoms with Crippen molar-refractivity contribution in [1.82, 2.24) is 0 Å². The molecule has 2 rings (SSSR count). The highest BCUT2D eigenvalue weighted by Gasteiger charge is 2.19. The van der Waals surface area contributed by atoms with E-state index in [0.717, 1.165) is 5.56 Å². The molecule has 5 heteroatoms. The van der Waals surface area contributed by atoms with Crippen LogP contribution in [0.1, 0.15) is 28.9 Å². The van der Waals surface area contributed by atoms with Gasteiger partial charge in [-0.05, 0) is 30.7 Å². The van der Waals surface area contributed by atoms with Crippen molar-refractivity contribution in [3.8, 4) is 11.5 Å². The summed E-state index contributed by atoms with van der Waals surface area (Å²) in [6, 6.07) is 12.5. The summed E-state index contributed by atoms with van der Waals surface area (Å²) >= 11 is 0. The molecule has 0 heterocycles. The number of methoxy groups -OCH3 is 2. The fourth-order valence-corrected chi connectivity index (χ4v) is 2.27. The maximum absolute atomic E-state index is 12.6. The highest BCUT2D eigenvalue weighted by atomic mass is 16.5. The van der Waals surface area contributed by atoms with Crippen molar-refractivity contribution < 1.29 is 14.3 Å². The first-order chi connectivity index (χ1) is 10.6. The standard InChI is InChI=1S/C17H20N2O3/c1-11(18)12-7-4-5-8-13(12)19-17(20)16-14(21-2)9-6-10-15(16)22-3/h4-11H,18H2,1-3H3,(H,19,20). The van der Waals surface area contributed by atoms with Gasteiger partial charge in [-0.3, -0.25) is 4.79 Å². The molecule has 0 aromatic heterocycles. The molecule has 3 N–H and O–H groups in total. The summed E-state index contributed by atoms with van der Waals surface area (Å²) in [5.41, 5.74) is 7.84. The van der Waals surface area contributed by atoms with Gasteiger partial charge in [0.25, 0.3) is 5.91 Å². The smallest absolute Gasteiger partial charge is 0.263 e. The third-order valence-electron chi connectivity index (χ3n) is 3.35. The number of rotatable bonds is 5. The van der Waals surface area contributed by atoms with Crippen molar-refractivity contribution in [2.45, 2.75) is 13.0 Å². The van der Waals surface area contributed by atoms with E-state index in [1.54, 1.807) is 18.2 Å². The van der Waals surface area contributed by atoms with Gasteiger partial charge in [-0.2, -0.15) is 0 Å². The Morgan fingerprint density at radius 3 is 2.18 bits per heavy atom. The predicted octanol–water partition coefficient (Wildman–Crippen LogP) is 2.98. The summed E-state index contributed by atoms with van der Waals surface area (Å²) < 4.78 is 10.5. The van der Waals surface area contributed by atoms with Crippen molar-refractivity contribution in [1.29, 1.82) is 0 Å². The van der Waals surface area contributed by atoms with Gasteiger partial charge in [0, 0.05) is 11.7 Å². The van der Waals surface area contributed by atoms with E-state index < -0.39 is 0 Å². The first-order valence-corrected chi connectivity index (χ1v) is 6.95. The second kappa shape index (κ2) is 6.95. The summed E-state index contributed by atoms with van der Waals surface area (Å²) in [6.45, 7) is 1.87. The highest BCUT2D eigenvalue weighted by Crippen LogP contribution is 2.30. The number of benzene rings is 2. The monoisotopic (exact) mass is 300 g/mol. The van der Waals surface area contributed by atoms with Crippen LogP contribution in [0.25, 0.3) is 0 Å². The van der Waals surface area contributed by atoms with E-state index in [-0.39, 0.29) is 11.9 Å². The van der Waals surface area contributed by atoms with Gasteiger partial charge in [0.1, 0.15) is 17.1 Å². The van der Waals surface area contributed by atoms with Gasteiger partial charge in [-0.1, -0.05) is 24.3 Å². The van der Waals surface area contributed by atoms with E-state index in [0.29, 0.717) is 22.7 Å². The molecule has 0 saturated heterocycles. The molecule has 0 aliphatic rings. The molecule has 0 saturated carbocycles. The highest BCUT2D eigenvalue weighted by molar-refractivity contribution is 6.08. The van der Waals surface area contributed by atoms with Crippen LogP contribution >= 0.6 is 0 Å². The van der Waals surface area contributed by atoms with Crippen LogP contribution in [0.5, 0.6) is 11.5 Å². The number of ether oxygens (including phenoxy) is 2. The molecule has 1 atom stereocenters. The maximum Gasteiger partial charge on any atom is 0.263 e. The number of hydrogen-bond acceptors (Lipinski definition) is 4. The summed E-state index contributed by atoms with van der Waals surface area (Å²) in [7, 11) is 3.03. The van der Waals surface area contributed by atoms with Crippen LogP contribution in [0.4, 0.5) is 5.69 Å². The van der Waals surface area contributed by atoms with E-state index in [1.807, 2.05) is 31.2 Å². The van der Waals surface area contributed by atoms with Gasteiger partial charge in [0.15, 0.2) is 0 Å². The third-order valence-corrected chi connectivity index (χ3v) is 3.35. The molecule has 116 valence electrons. The van der Waals surface area contributed by atoms with Gasteiger partial charge < -0.3 is 20.5 Å². The average Bonchev–Trinajstić information content (AvgIpc) is 2.54. The van der Waals surface area contributed by atoms with Crippen LogP contribution in [0.3, 0.4) is 0 Å². The van der Waals surface area contributed by atoms with Gasteiger partial charge >= 0.3 is 0 Å². The van der Waals surface area contributed by atoms with Gasteiger partial charge in [-0.15, -0.1) is 0 Å². The van der Waals surface area contributed by atoms with Crippen molar-refractivity contribution >= 4 is 11.6 Å². The van der Waals surface area contributed by atoms with Gasteiger partial charge in [0.05, 0.1) is 14.2 Å². The van der Waals surface area contributed by atoms with Crippen LogP contribution in [-0.4, -0.2) is 20.1 Å². The zero-order valence-corrected chi connectivity index (χ0v) is 12.9. The Labute approximate surface area is 130 Å². The predicted molar refractivity (Wildman–Crippen MR) is 86.5 cm³/mol. The molecular weight excluding hydrogens is 280 g/mol. The number of nitrogens with two attached hydrogens (primary N) is 1. The number of carbonyl (C=O) groups excluding carboxylic acids is 1. The summed E-state index contributed by atoms with van der Waals surface area (Å²) in [5.74, 6) is 0.604. The number of amides is 1. The largest absolute Gasteiger partial charge is 0.496 e. The minimum atomic E-state index is -0.303. The number of carbonyl (C=O) groups is 1. The lowest BCUT2D eigenvalue weighted by Gasteiger charge is -2.16. The third kappa shape index (κ3) is 3.20. The molecule has 1 unspecified atom stereocenters. The number of nitrogens with one attached hydrogen (secondary N) is 1. The Hall–Kier alpha value is -2.53. The molecule has 0 radical (unpaired) electrons. The van der Waals surface area contributed by atoms with E-state index in [2.05, 4.69) is 5.32 Å². The SMILES string of the molecule is COc1cccc(OC)c1C(=O)Nc1ccccc1C(C)N. The lowest BCUT2D eigenvalue weighted by atomic mass is 10.1. The fourth-order valence-electron chi connectivity index (χ4n) is 2.27. The Morgan fingerprint density at radius 1 is 1.05 bits per heavy atom. The van der Waals surface area contributed by atoms with Crippen molar-refractivity contribution in [3.05, 3.63) is 53.6 Å². The molecule has 2 aromatic carbocycles. The number of para-hydroxylation sites is 1. The van der Waals surface area contributed by atoms with Crippen LogP contribution in [0, 0.1) is 0 Å². The summed E-state index contributed by atoms with van der Waals surface area (Å²) in [4.78, 5) is 12.6. The fraction of sp³-hybridized carbons (Fsp3) is 0.235. The number of hydrogen-bond donors (Lipinski definition) is 2. The molecule has 22 heavy (non-hydrogen) atoms. The Balaban J connectivity index is 2.38. The average molecular weight is 300 g/mol. The first-order valence-electron chi connectivity index (χ1n) is 6.95. The lowest BCUT2D eigenvalue weighted by molar-refractivity contribution is 0.102. The lowest BCUT2D eigenvalue weighted by Crippen LogP contribution is -2.17. The zero-order valence-electron chi connectivity index (χ0n) is 12.9. The Bertz CT molecular complexity index is 646. The first kappa shape index (κ1) is 15.9. The molecule has 0 spiro atoms. The minimum Gasteiger partial charge on any atom is -0.496 e. The van der Waals surface area contributed by atoms with Crippen molar-refractivity contribution in [2.24, 2.45) is 5.73 Å². The van der Waals surface area contributed by atoms with Gasteiger partial charge in [0.2, 0.25) is 0 Å². The Kier molecular flexibility index (Phi) is 5.01. The van der Waals surface area contributed by atoms with Crippen LogP contribution in [0.2, 0.25) is 0 Å². The van der Waals surface area contributed by atoms with E-state index in [4.69, 9.17) is 15.2 Å². The molecule has 0 aliphatic carbocycles. The molecule has 2 aromatic rings. The molecule has 1 amide bonds. The molecule has 0 fully saturated rings. The van der Waals surface area contributed by atoms with Crippen LogP contribution in [-0.2, 0) is 0 Å². The van der Waals surface area contributed by atoms with E-state index in [1.165, 1.54) is 14.2 Å². The minimum absolute atomic E-state index is 0.184. The summed E-state index contributed by atoms with van der Waals surface area (Å²) in [5, 5.41) is 2.88. The molecular formula is C17H20N2O3. The second-order valence-corrected chi connectivity index (χ2v) is 4.87. The normalized spacial score (nSPS) is 11.6.